The Hall–Kier alpha value is -1.79. The Morgan fingerprint density at radius 2 is 2.15 bits per heavy atom. The lowest BCUT2D eigenvalue weighted by Crippen LogP contribution is -2.14. The predicted molar refractivity (Wildman–Crippen MR) is 38.7 cm³/mol. The molecular formula is C6H4F2N2O3. The zero-order valence-electron chi connectivity index (χ0n) is 6.16. The Labute approximate surface area is 70.2 Å². The van der Waals surface area contributed by atoms with Crippen molar-refractivity contribution in [3.05, 3.63) is 38.3 Å². The van der Waals surface area contributed by atoms with Crippen LogP contribution >= 0.6 is 0 Å². The van der Waals surface area contributed by atoms with Crippen molar-refractivity contribution in [2.75, 3.05) is 0 Å². The third-order valence-corrected chi connectivity index (χ3v) is 1.39. The van der Waals surface area contributed by atoms with Gasteiger partial charge in [0.25, 0.3) is 17.7 Å². The maximum atomic E-state index is 12.1. The molecule has 7 heteroatoms. The van der Waals surface area contributed by atoms with Crippen LogP contribution in [0.4, 0.5) is 14.5 Å². The largest absolute Gasteiger partial charge is 0.328 e. The van der Waals surface area contributed by atoms with Gasteiger partial charge in [-0.05, 0) is 0 Å². The van der Waals surface area contributed by atoms with Gasteiger partial charge in [-0.25, -0.2) is 8.78 Å². The third kappa shape index (κ3) is 1.68. The molecule has 0 aliphatic rings. The highest BCUT2D eigenvalue weighted by Gasteiger charge is 2.24. The molecule has 1 aromatic heterocycles. The standard InChI is InChI=1S/C6H4F2N2O3/c7-5(8)4-3(10(12)13)1-2-9-6(4)11/h1-2,5H,(H,9,11). The average molecular weight is 190 g/mol. The number of aromatic nitrogens is 1. The molecule has 0 bridgehead atoms. The monoisotopic (exact) mass is 190 g/mol. The van der Waals surface area contributed by atoms with Gasteiger partial charge >= 0.3 is 0 Å². The second kappa shape index (κ2) is 3.30. The van der Waals surface area contributed by atoms with Gasteiger partial charge in [-0.2, -0.15) is 0 Å². The van der Waals surface area contributed by atoms with E-state index in [1.165, 1.54) is 0 Å². The molecule has 0 aromatic carbocycles. The topological polar surface area (TPSA) is 76.0 Å². The SMILES string of the molecule is O=c1[nH]ccc([N+](=O)[O-])c1C(F)F. The number of alkyl halides is 2. The lowest BCUT2D eigenvalue weighted by molar-refractivity contribution is -0.386. The van der Waals surface area contributed by atoms with Crippen LogP contribution in [0.1, 0.15) is 12.0 Å². The number of nitrogens with zero attached hydrogens (tertiary/aromatic N) is 1. The molecule has 0 aliphatic heterocycles. The quantitative estimate of drug-likeness (QED) is 0.562. The van der Waals surface area contributed by atoms with Crippen molar-refractivity contribution >= 4 is 5.69 Å². The molecule has 1 rings (SSSR count). The van der Waals surface area contributed by atoms with Gasteiger partial charge in [0, 0.05) is 12.3 Å². The van der Waals surface area contributed by atoms with Crippen LogP contribution in [-0.4, -0.2) is 9.91 Å². The molecule has 0 unspecified atom stereocenters. The minimum atomic E-state index is -3.15. The number of hydrogen-bond acceptors (Lipinski definition) is 3. The summed E-state index contributed by atoms with van der Waals surface area (Å²) in [7, 11) is 0. The first-order valence-electron chi connectivity index (χ1n) is 3.18. The summed E-state index contributed by atoms with van der Waals surface area (Å²) in [6.07, 6.45) is -2.20. The summed E-state index contributed by atoms with van der Waals surface area (Å²) in [5, 5.41) is 10.2. The van der Waals surface area contributed by atoms with Gasteiger partial charge in [0.05, 0.1) is 4.92 Å². The van der Waals surface area contributed by atoms with E-state index in [0.29, 0.717) is 0 Å². The average Bonchev–Trinajstić information content (AvgIpc) is 2.02. The van der Waals surface area contributed by atoms with Crippen LogP contribution in [0, 0.1) is 10.1 Å². The second-order valence-corrected chi connectivity index (χ2v) is 2.16. The number of pyridine rings is 1. The first kappa shape index (κ1) is 9.30. The smallest absolute Gasteiger partial charge is 0.285 e. The van der Waals surface area contributed by atoms with Crippen LogP contribution in [0.15, 0.2) is 17.1 Å². The Kier molecular flexibility index (Phi) is 2.36. The zero-order valence-corrected chi connectivity index (χ0v) is 6.16. The van der Waals surface area contributed by atoms with Crippen LogP contribution in [0.25, 0.3) is 0 Å². The molecule has 1 N–H and O–H groups in total. The molecule has 0 saturated carbocycles. The molecule has 0 atom stereocenters. The molecule has 0 aliphatic carbocycles. The number of rotatable bonds is 2. The second-order valence-electron chi connectivity index (χ2n) is 2.16. The van der Waals surface area contributed by atoms with Gasteiger partial charge in [-0.3, -0.25) is 14.9 Å². The summed E-state index contributed by atoms with van der Waals surface area (Å²) in [6.45, 7) is 0. The van der Waals surface area contributed by atoms with Gasteiger partial charge < -0.3 is 4.98 Å². The van der Waals surface area contributed by atoms with E-state index in [2.05, 4.69) is 0 Å². The molecule has 13 heavy (non-hydrogen) atoms. The Bertz CT molecular complexity index is 388. The maximum Gasteiger partial charge on any atom is 0.285 e. The highest BCUT2D eigenvalue weighted by atomic mass is 19.3. The van der Waals surface area contributed by atoms with Gasteiger partial charge in [0.1, 0.15) is 0 Å². The summed E-state index contributed by atoms with van der Waals surface area (Å²) in [5.41, 5.74) is -3.10. The van der Waals surface area contributed by atoms with Crippen molar-refractivity contribution in [1.29, 1.82) is 0 Å². The van der Waals surface area contributed by atoms with E-state index in [-0.39, 0.29) is 0 Å². The molecule has 0 spiro atoms. The van der Waals surface area contributed by atoms with Crippen LogP contribution < -0.4 is 5.56 Å². The highest BCUT2D eigenvalue weighted by molar-refractivity contribution is 5.37. The number of aromatic amines is 1. The van der Waals surface area contributed by atoms with Crippen molar-refractivity contribution in [2.45, 2.75) is 6.43 Å². The van der Waals surface area contributed by atoms with Crippen LogP contribution in [0.3, 0.4) is 0 Å². The van der Waals surface area contributed by atoms with Crippen molar-refractivity contribution in [1.82, 2.24) is 4.98 Å². The molecule has 1 aromatic rings. The minimum Gasteiger partial charge on any atom is -0.328 e. The first-order chi connectivity index (χ1) is 6.04. The van der Waals surface area contributed by atoms with Crippen molar-refractivity contribution in [2.24, 2.45) is 0 Å². The first-order valence-corrected chi connectivity index (χ1v) is 3.18. The van der Waals surface area contributed by atoms with Crippen LogP contribution in [0.5, 0.6) is 0 Å². The van der Waals surface area contributed by atoms with E-state index >= 15 is 0 Å². The lowest BCUT2D eigenvalue weighted by Gasteiger charge is -1.98. The fourth-order valence-electron chi connectivity index (χ4n) is 0.850. The maximum absolute atomic E-state index is 12.1. The molecule has 1 heterocycles. The fourth-order valence-corrected chi connectivity index (χ4v) is 0.850. The summed E-state index contributed by atoms with van der Waals surface area (Å²) in [4.78, 5) is 21.9. The number of nitrogens with one attached hydrogen (secondary N) is 1. The van der Waals surface area contributed by atoms with Gasteiger partial charge in [0.15, 0.2) is 5.56 Å². The van der Waals surface area contributed by atoms with E-state index in [1.807, 2.05) is 4.98 Å². The van der Waals surface area contributed by atoms with Crippen molar-refractivity contribution in [3.8, 4) is 0 Å². The van der Waals surface area contributed by atoms with E-state index in [4.69, 9.17) is 0 Å². The highest BCUT2D eigenvalue weighted by Crippen LogP contribution is 2.23. The van der Waals surface area contributed by atoms with E-state index in [1.54, 1.807) is 0 Å². The van der Waals surface area contributed by atoms with Crippen LogP contribution in [0.2, 0.25) is 0 Å². The zero-order chi connectivity index (χ0) is 10.0. The van der Waals surface area contributed by atoms with Crippen molar-refractivity contribution < 1.29 is 13.7 Å². The van der Waals surface area contributed by atoms with Gasteiger partial charge in [0.2, 0.25) is 0 Å². The van der Waals surface area contributed by atoms with Gasteiger partial charge in [-0.1, -0.05) is 0 Å². The predicted octanol–water partition coefficient (Wildman–Crippen LogP) is 1.22. The minimum absolute atomic E-state index is 0.822. The molecule has 0 saturated heterocycles. The summed E-state index contributed by atoms with van der Waals surface area (Å²) >= 11 is 0. The molecular weight excluding hydrogens is 186 g/mol. The fraction of sp³-hybridized carbons (Fsp3) is 0.167. The number of H-pyrrole nitrogens is 1. The molecule has 5 nitrogen and oxygen atoms in total. The molecule has 0 fully saturated rings. The van der Waals surface area contributed by atoms with E-state index < -0.39 is 28.2 Å². The summed E-state index contributed by atoms with van der Waals surface area (Å²) in [5.74, 6) is 0. The van der Waals surface area contributed by atoms with Gasteiger partial charge in [-0.15, -0.1) is 0 Å². The Morgan fingerprint density at radius 1 is 1.54 bits per heavy atom. The Morgan fingerprint density at radius 3 is 2.54 bits per heavy atom. The third-order valence-electron chi connectivity index (χ3n) is 1.39. The van der Waals surface area contributed by atoms with Crippen molar-refractivity contribution in [3.63, 3.8) is 0 Å². The number of nitro groups is 1. The van der Waals surface area contributed by atoms with E-state index in [0.717, 1.165) is 12.3 Å². The molecule has 0 radical (unpaired) electrons. The molecule has 70 valence electrons. The molecule has 0 amide bonds. The summed E-state index contributed by atoms with van der Waals surface area (Å²) < 4.78 is 24.2. The Balaban J connectivity index is 3.43. The number of halogens is 2. The van der Waals surface area contributed by atoms with E-state index in [9.17, 15) is 23.7 Å². The van der Waals surface area contributed by atoms with Crippen LogP contribution in [-0.2, 0) is 0 Å². The normalized spacial score (nSPS) is 10.4. The lowest BCUT2D eigenvalue weighted by atomic mass is 10.2. The number of hydrogen-bond donors (Lipinski definition) is 1. The summed E-state index contributed by atoms with van der Waals surface area (Å²) in [6, 6.07) is 0.822.